The summed E-state index contributed by atoms with van der Waals surface area (Å²) < 4.78 is 18.6. The molecule has 0 fully saturated rings. The molecule has 0 spiro atoms. The predicted octanol–water partition coefficient (Wildman–Crippen LogP) is 3.27. The lowest BCUT2D eigenvalue weighted by Crippen LogP contribution is -2.10. The summed E-state index contributed by atoms with van der Waals surface area (Å²) in [4.78, 5) is 22.4. The number of aryl methyl sites for hydroxylation is 1. The number of hydrogen-bond acceptors (Lipinski definition) is 5. The van der Waals surface area contributed by atoms with E-state index in [4.69, 9.17) is 10.00 Å². The van der Waals surface area contributed by atoms with Gasteiger partial charge in [-0.25, -0.2) is 9.18 Å². The van der Waals surface area contributed by atoms with Gasteiger partial charge in [-0.05, 0) is 31.2 Å². The summed E-state index contributed by atoms with van der Waals surface area (Å²) in [6, 6.07) is 9.77. The van der Waals surface area contributed by atoms with Crippen LogP contribution in [0.2, 0.25) is 0 Å². The standard InChI is InChI=1S/C16H11FN2O4/c1-10-3-2-4-13(15(10)19(21)22)16(20)23-9-12-7-11(8-18)5-6-14(12)17/h2-7H,9H2,1H3. The molecule has 2 aromatic rings. The number of benzene rings is 2. The maximum atomic E-state index is 13.6. The van der Waals surface area contributed by atoms with Crippen LogP contribution in [-0.2, 0) is 11.3 Å². The fourth-order valence-corrected chi connectivity index (χ4v) is 2.04. The molecule has 0 bridgehead atoms. The van der Waals surface area contributed by atoms with Gasteiger partial charge in [0.25, 0.3) is 5.69 Å². The molecule has 0 aliphatic heterocycles. The van der Waals surface area contributed by atoms with Crippen molar-refractivity contribution in [2.45, 2.75) is 13.5 Å². The Hall–Kier alpha value is -3.27. The van der Waals surface area contributed by atoms with Gasteiger partial charge in [0, 0.05) is 11.1 Å². The molecule has 0 aliphatic carbocycles. The van der Waals surface area contributed by atoms with E-state index in [2.05, 4.69) is 0 Å². The highest BCUT2D eigenvalue weighted by molar-refractivity contribution is 5.94. The van der Waals surface area contributed by atoms with Crippen LogP contribution in [-0.4, -0.2) is 10.9 Å². The van der Waals surface area contributed by atoms with E-state index in [0.29, 0.717) is 5.56 Å². The Kier molecular flexibility index (Phi) is 4.66. The number of nitro groups is 1. The fourth-order valence-electron chi connectivity index (χ4n) is 2.04. The van der Waals surface area contributed by atoms with Crippen LogP contribution in [0.5, 0.6) is 0 Å². The van der Waals surface area contributed by atoms with Crippen LogP contribution in [0.3, 0.4) is 0 Å². The maximum absolute atomic E-state index is 13.6. The van der Waals surface area contributed by atoms with Crippen molar-refractivity contribution in [1.82, 2.24) is 0 Å². The second-order valence-corrected chi connectivity index (χ2v) is 4.72. The number of hydrogen-bond donors (Lipinski definition) is 0. The number of halogens is 1. The van der Waals surface area contributed by atoms with Crippen LogP contribution >= 0.6 is 0 Å². The Balaban J connectivity index is 2.23. The van der Waals surface area contributed by atoms with Crippen molar-refractivity contribution >= 4 is 11.7 Å². The second-order valence-electron chi connectivity index (χ2n) is 4.72. The molecular formula is C16H11FN2O4. The highest BCUT2D eigenvalue weighted by atomic mass is 19.1. The Morgan fingerprint density at radius 3 is 2.78 bits per heavy atom. The SMILES string of the molecule is Cc1cccc(C(=O)OCc2cc(C#N)ccc2F)c1[N+](=O)[O-]. The zero-order chi connectivity index (χ0) is 17.0. The van der Waals surface area contributed by atoms with Crippen molar-refractivity contribution in [2.75, 3.05) is 0 Å². The Labute approximate surface area is 130 Å². The van der Waals surface area contributed by atoms with Gasteiger partial charge >= 0.3 is 5.97 Å². The molecule has 0 heterocycles. The smallest absolute Gasteiger partial charge is 0.345 e. The van der Waals surface area contributed by atoms with E-state index < -0.39 is 23.3 Å². The molecule has 0 unspecified atom stereocenters. The summed E-state index contributed by atoms with van der Waals surface area (Å²) in [6.07, 6.45) is 0. The maximum Gasteiger partial charge on any atom is 0.345 e. The summed E-state index contributed by atoms with van der Waals surface area (Å²) in [5.41, 5.74) is 0.0180. The van der Waals surface area contributed by atoms with Crippen LogP contribution in [0.4, 0.5) is 10.1 Å². The van der Waals surface area contributed by atoms with Crippen molar-refractivity contribution < 1.29 is 18.8 Å². The number of para-hydroxylation sites is 1. The summed E-state index contributed by atoms with van der Waals surface area (Å²) >= 11 is 0. The van der Waals surface area contributed by atoms with Crippen LogP contribution in [0.1, 0.15) is 27.0 Å². The van der Waals surface area contributed by atoms with E-state index in [1.165, 1.54) is 37.3 Å². The minimum atomic E-state index is -0.929. The van der Waals surface area contributed by atoms with Gasteiger partial charge in [0.1, 0.15) is 18.0 Å². The number of carbonyl (C=O) groups is 1. The molecule has 0 saturated carbocycles. The second kappa shape index (κ2) is 6.66. The van der Waals surface area contributed by atoms with E-state index in [-0.39, 0.29) is 22.4 Å². The van der Waals surface area contributed by atoms with Crippen LogP contribution < -0.4 is 0 Å². The van der Waals surface area contributed by atoms with Crippen LogP contribution in [0, 0.1) is 34.2 Å². The zero-order valence-corrected chi connectivity index (χ0v) is 12.1. The topological polar surface area (TPSA) is 93.2 Å². The first kappa shape index (κ1) is 16.1. The number of nitriles is 1. The lowest BCUT2D eigenvalue weighted by molar-refractivity contribution is -0.385. The molecule has 0 saturated heterocycles. The van der Waals surface area contributed by atoms with Crippen molar-refractivity contribution in [3.63, 3.8) is 0 Å². The summed E-state index contributed by atoms with van der Waals surface area (Å²) in [6.45, 7) is 1.08. The third kappa shape index (κ3) is 3.49. The van der Waals surface area contributed by atoms with Gasteiger partial charge in [0.2, 0.25) is 0 Å². The van der Waals surface area contributed by atoms with Gasteiger partial charge < -0.3 is 4.74 Å². The summed E-state index contributed by atoms with van der Waals surface area (Å²) in [5, 5.41) is 19.8. The van der Waals surface area contributed by atoms with E-state index in [0.717, 1.165) is 6.07 Å². The Morgan fingerprint density at radius 1 is 1.39 bits per heavy atom. The van der Waals surface area contributed by atoms with E-state index >= 15 is 0 Å². The molecule has 0 atom stereocenters. The molecule has 0 radical (unpaired) electrons. The third-order valence-corrected chi connectivity index (χ3v) is 3.17. The number of nitro benzene ring substituents is 1. The Morgan fingerprint density at radius 2 is 2.13 bits per heavy atom. The first-order chi connectivity index (χ1) is 10.9. The summed E-state index contributed by atoms with van der Waals surface area (Å²) in [7, 11) is 0. The Bertz CT molecular complexity index is 827. The lowest BCUT2D eigenvalue weighted by atomic mass is 10.1. The van der Waals surface area contributed by atoms with Gasteiger partial charge in [-0.15, -0.1) is 0 Å². The first-order valence-corrected chi connectivity index (χ1v) is 6.53. The normalized spacial score (nSPS) is 9.96. The number of nitrogens with zero attached hydrogens (tertiary/aromatic N) is 2. The minimum absolute atomic E-state index is 0.0210. The molecule has 2 aromatic carbocycles. The lowest BCUT2D eigenvalue weighted by Gasteiger charge is -2.08. The number of carbonyl (C=O) groups excluding carboxylic acids is 1. The molecule has 7 heteroatoms. The molecule has 116 valence electrons. The molecule has 6 nitrogen and oxygen atoms in total. The molecule has 23 heavy (non-hydrogen) atoms. The van der Waals surface area contributed by atoms with E-state index in [1.54, 1.807) is 0 Å². The molecular weight excluding hydrogens is 303 g/mol. The summed E-state index contributed by atoms with van der Waals surface area (Å²) in [5.74, 6) is -1.56. The van der Waals surface area contributed by atoms with Gasteiger partial charge in [-0.2, -0.15) is 5.26 Å². The van der Waals surface area contributed by atoms with E-state index in [1.807, 2.05) is 6.07 Å². The van der Waals surface area contributed by atoms with Crippen LogP contribution in [0.15, 0.2) is 36.4 Å². The first-order valence-electron chi connectivity index (χ1n) is 6.53. The molecule has 0 aliphatic rings. The van der Waals surface area contributed by atoms with Gasteiger partial charge in [-0.3, -0.25) is 10.1 Å². The van der Waals surface area contributed by atoms with E-state index in [9.17, 15) is 19.3 Å². The number of rotatable bonds is 4. The average molecular weight is 314 g/mol. The van der Waals surface area contributed by atoms with Gasteiger partial charge in [-0.1, -0.05) is 12.1 Å². The highest BCUT2D eigenvalue weighted by Crippen LogP contribution is 2.24. The predicted molar refractivity (Wildman–Crippen MR) is 78.1 cm³/mol. The number of esters is 1. The van der Waals surface area contributed by atoms with Crippen molar-refractivity contribution in [3.05, 3.63) is 74.6 Å². The van der Waals surface area contributed by atoms with Crippen molar-refractivity contribution in [2.24, 2.45) is 0 Å². The van der Waals surface area contributed by atoms with Gasteiger partial charge in [0.05, 0.1) is 16.6 Å². The zero-order valence-electron chi connectivity index (χ0n) is 12.1. The monoisotopic (exact) mass is 314 g/mol. The molecule has 0 aromatic heterocycles. The molecule has 0 amide bonds. The fraction of sp³-hybridized carbons (Fsp3) is 0.125. The van der Waals surface area contributed by atoms with Crippen LogP contribution in [0.25, 0.3) is 0 Å². The average Bonchev–Trinajstić information content (AvgIpc) is 2.53. The molecule has 2 rings (SSSR count). The van der Waals surface area contributed by atoms with Gasteiger partial charge in [0.15, 0.2) is 0 Å². The van der Waals surface area contributed by atoms with Crippen molar-refractivity contribution in [3.8, 4) is 6.07 Å². The number of ether oxygens (including phenoxy) is 1. The minimum Gasteiger partial charge on any atom is -0.457 e. The quantitative estimate of drug-likeness (QED) is 0.490. The van der Waals surface area contributed by atoms with Crippen molar-refractivity contribution in [1.29, 1.82) is 5.26 Å². The largest absolute Gasteiger partial charge is 0.457 e. The third-order valence-electron chi connectivity index (χ3n) is 3.17. The highest BCUT2D eigenvalue weighted by Gasteiger charge is 2.23. The molecule has 0 N–H and O–H groups in total.